The Bertz CT molecular complexity index is 936. The molecule has 4 nitrogen and oxygen atoms in total. The first-order chi connectivity index (χ1) is 12.7. The molecule has 0 aliphatic carbocycles. The Labute approximate surface area is 153 Å². The van der Waals surface area contributed by atoms with Crippen LogP contribution in [0.3, 0.4) is 0 Å². The van der Waals surface area contributed by atoms with Gasteiger partial charge < -0.3 is 14.6 Å². The zero-order chi connectivity index (χ0) is 18.1. The van der Waals surface area contributed by atoms with E-state index in [2.05, 4.69) is 36.2 Å². The predicted octanol–water partition coefficient (Wildman–Crippen LogP) is 4.50. The molecule has 1 amide bonds. The van der Waals surface area contributed by atoms with Crippen LogP contribution in [0.5, 0.6) is 5.75 Å². The van der Waals surface area contributed by atoms with E-state index in [4.69, 9.17) is 4.74 Å². The van der Waals surface area contributed by atoms with Gasteiger partial charge in [0.25, 0.3) is 5.91 Å². The average molecular weight is 348 g/mol. The van der Waals surface area contributed by atoms with Crippen molar-refractivity contribution in [2.75, 3.05) is 20.2 Å². The minimum absolute atomic E-state index is 0.0631. The van der Waals surface area contributed by atoms with E-state index in [0.717, 1.165) is 25.9 Å². The molecule has 0 unspecified atom stereocenters. The zero-order valence-electron chi connectivity index (χ0n) is 15.3. The molecule has 4 heteroatoms. The lowest BCUT2D eigenvalue weighted by Gasteiger charge is -2.32. The number of amides is 1. The number of nitrogens with zero attached hydrogens (tertiary/aromatic N) is 1. The second-order valence-corrected chi connectivity index (χ2v) is 7.08. The number of aryl methyl sites for hydroxylation is 1. The van der Waals surface area contributed by atoms with Crippen LogP contribution in [0, 0.1) is 6.92 Å². The number of piperidine rings is 1. The molecule has 1 aliphatic rings. The Hall–Kier alpha value is -2.75. The van der Waals surface area contributed by atoms with Crippen molar-refractivity contribution in [3.63, 3.8) is 0 Å². The Morgan fingerprint density at radius 1 is 1.12 bits per heavy atom. The lowest BCUT2D eigenvalue weighted by molar-refractivity contribution is 0.0709. The molecule has 1 N–H and O–H groups in total. The third-order valence-corrected chi connectivity index (χ3v) is 5.36. The van der Waals surface area contributed by atoms with Crippen molar-refractivity contribution in [1.82, 2.24) is 9.88 Å². The monoisotopic (exact) mass is 348 g/mol. The molecule has 0 spiro atoms. The maximum atomic E-state index is 12.8. The molecule has 4 rings (SSSR count). The first kappa shape index (κ1) is 16.7. The van der Waals surface area contributed by atoms with Crippen LogP contribution in [0.25, 0.3) is 10.9 Å². The molecule has 0 bridgehead atoms. The maximum Gasteiger partial charge on any atom is 0.257 e. The van der Waals surface area contributed by atoms with Gasteiger partial charge in [-0.25, -0.2) is 0 Å². The van der Waals surface area contributed by atoms with Gasteiger partial charge in [0.1, 0.15) is 5.75 Å². The molecule has 0 radical (unpaired) electrons. The normalized spacial score (nSPS) is 15.4. The van der Waals surface area contributed by atoms with Crippen molar-refractivity contribution >= 4 is 16.8 Å². The van der Waals surface area contributed by atoms with Crippen LogP contribution < -0.4 is 4.74 Å². The van der Waals surface area contributed by atoms with Gasteiger partial charge in [-0.2, -0.15) is 0 Å². The maximum absolute atomic E-state index is 12.8. The van der Waals surface area contributed by atoms with Crippen molar-refractivity contribution in [2.24, 2.45) is 0 Å². The lowest BCUT2D eigenvalue weighted by Crippen LogP contribution is -2.38. The summed E-state index contributed by atoms with van der Waals surface area (Å²) in [5, 5.41) is 1.27. The van der Waals surface area contributed by atoms with Crippen LogP contribution in [0.1, 0.15) is 40.4 Å². The number of methoxy groups -OCH3 is 1. The van der Waals surface area contributed by atoms with Gasteiger partial charge >= 0.3 is 0 Å². The number of hydrogen-bond donors (Lipinski definition) is 1. The van der Waals surface area contributed by atoms with Crippen molar-refractivity contribution in [2.45, 2.75) is 25.7 Å². The van der Waals surface area contributed by atoms with E-state index in [1.54, 1.807) is 7.11 Å². The molecule has 1 saturated heterocycles. The number of para-hydroxylation sites is 1. The van der Waals surface area contributed by atoms with Crippen LogP contribution in [0.2, 0.25) is 0 Å². The number of aromatic nitrogens is 1. The van der Waals surface area contributed by atoms with E-state index in [-0.39, 0.29) is 5.91 Å². The molecule has 0 saturated carbocycles. The third-order valence-electron chi connectivity index (χ3n) is 5.36. The fourth-order valence-electron chi connectivity index (χ4n) is 3.88. The number of aromatic amines is 1. The number of ether oxygens (including phenoxy) is 1. The molecule has 134 valence electrons. The molecule has 2 aromatic carbocycles. The molecule has 2 heterocycles. The first-order valence-electron chi connectivity index (χ1n) is 9.17. The minimum Gasteiger partial charge on any atom is -0.496 e. The van der Waals surface area contributed by atoms with Crippen molar-refractivity contribution < 1.29 is 9.53 Å². The van der Waals surface area contributed by atoms with Crippen LogP contribution in [0.15, 0.2) is 48.5 Å². The standard InChI is InChI=1S/C22H24N2O2/c1-15-7-8-19-17(13-15)14-20(23-19)16-9-11-24(12-10-16)22(25)18-5-3-4-6-21(18)26-2/h3-8,13-14,16,23H,9-12H2,1-2H3. The SMILES string of the molecule is COc1ccccc1C(=O)N1CCC(c2cc3cc(C)ccc3[nH]2)CC1. The molecule has 1 fully saturated rings. The fraction of sp³-hybridized carbons (Fsp3) is 0.318. The number of nitrogens with one attached hydrogen (secondary N) is 1. The molecule has 26 heavy (non-hydrogen) atoms. The second kappa shape index (κ2) is 6.87. The molecule has 1 aromatic heterocycles. The third kappa shape index (κ3) is 3.07. The van der Waals surface area contributed by atoms with Gasteiger partial charge in [0.15, 0.2) is 0 Å². The van der Waals surface area contributed by atoms with Gasteiger partial charge in [-0.3, -0.25) is 4.79 Å². The summed E-state index contributed by atoms with van der Waals surface area (Å²) in [5.41, 5.74) is 4.41. The minimum atomic E-state index is 0.0631. The summed E-state index contributed by atoms with van der Waals surface area (Å²) in [6.45, 7) is 3.67. The quantitative estimate of drug-likeness (QED) is 0.757. The van der Waals surface area contributed by atoms with Gasteiger partial charge in [-0.15, -0.1) is 0 Å². The van der Waals surface area contributed by atoms with Crippen LogP contribution in [-0.2, 0) is 0 Å². The van der Waals surface area contributed by atoms with Gasteiger partial charge in [-0.05, 0) is 55.5 Å². The number of carbonyl (C=O) groups excluding carboxylic acids is 1. The highest BCUT2D eigenvalue weighted by atomic mass is 16.5. The average Bonchev–Trinajstić information content (AvgIpc) is 3.10. The van der Waals surface area contributed by atoms with Crippen molar-refractivity contribution in [1.29, 1.82) is 0 Å². The topological polar surface area (TPSA) is 45.3 Å². The number of fused-ring (bicyclic) bond motifs is 1. The Balaban J connectivity index is 1.47. The number of hydrogen-bond acceptors (Lipinski definition) is 2. The molecular formula is C22H24N2O2. The largest absolute Gasteiger partial charge is 0.496 e. The number of benzene rings is 2. The number of likely N-dealkylation sites (tertiary alicyclic amines) is 1. The van der Waals surface area contributed by atoms with E-state index in [1.807, 2.05) is 29.2 Å². The predicted molar refractivity (Wildman–Crippen MR) is 104 cm³/mol. The highest BCUT2D eigenvalue weighted by Gasteiger charge is 2.26. The van der Waals surface area contributed by atoms with Gasteiger partial charge in [0.05, 0.1) is 12.7 Å². The lowest BCUT2D eigenvalue weighted by atomic mass is 9.93. The van der Waals surface area contributed by atoms with E-state index in [9.17, 15) is 4.79 Å². The van der Waals surface area contributed by atoms with Crippen LogP contribution >= 0.6 is 0 Å². The van der Waals surface area contributed by atoms with E-state index in [1.165, 1.54) is 22.2 Å². The Kier molecular flexibility index (Phi) is 4.41. The number of carbonyl (C=O) groups is 1. The summed E-state index contributed by atoms with van der Waals surface area (Å²) in [7, 11) is 1.61. The van der Waals surface area contributed by atoms with E-state index in [0.29, 0.717) is 17.2 Å². The zero-order valence-corrected chi connectivity index (χ0v) is 15.3. The molecule has 3 aromatic rings. The summed E-state index contributed by atoms with van der Waals surface area (Å²) in [6, 6.07) is 16.2. The summed E-state index contributed by atoms with van der Waals surface area (Å²) in [5.74, 6) is 1.18. The number of rotatable bonds is 3. The Morgan fingerprint density at radius 3 is 2.65 bits per heavy atom. The molecular weight excluding hydrogens is 324 g/mol. The van der Waals surface area contributed by atoms with Crippen LogP contribution in [0.4, 0.5) is 0 Å². The highest BCUT2D eigenvalue weighted by Crippen LogP contribution is 2.31. The summed E-state index contributed by atoms with van der Waals surface area (Å²) in [6.07, 6.45) is 1.96. The summed E-state index contributed by atoms with van der Waals surface area (Å²) < 4.78 is 5.34. The fourth-order valence-corrected chi connectivity index (χ4v) is 3.88. The second-order valence-electron chi connectivity index (χ2n) is 7.08. The summed E-state index contributed by atoms with van der Waals surface area (Å²) in [4.78, 5) is 18.3. The van der Waals surface area contributed by atoms with Gasteiger partial charge in [-0.1, -0.05) is 23.8 Å². The molecule has 1 aliphatic heterocycles. The van der Waals surface area contributed by atoms with Crippen LogP contribution in [-0.4, -0.2) is 36.0 Å². The van der Waals surface area contributed by atoms with Gasteiger partial charge in [0.2, 0.25) is 0 Å². The van der Waals surface area contributed by atoms with Gasteiger partial charge in [0, 0.05) is 30.2 Å². The highest BCUT2D eigenvalue weighted by molar-refractivity contribution is 5.97. The summed E-state index contributed by atoms with van der Waals surface area (Å²) >= 11 is 0. The number of H-pyrrole nitrogens is 1. The van der Waals surface area contributed by atoms with E-state index >= 15 is 0 Å². The molecule has 0 atom stereocenters. The van der Waals surface area contributed by atoms with Crippen molar-refractivity contribution in [3.8, 4) is 5.75 Å². The Morgan fingerprint density at radius 2 is 1.88 bits per heavy atom. The first-order valence-corrected chi connectivity index (χ1v) is 9.17. The van der Waals surface area contributed by atoms with Crippen molar-refractivity contribution in [3.05, 3.63) is 65.4 Å². The van der Waals surface area contributed by atoms with E-state index < -0.39 is 0 Å². The smallest absolute Gasteiger partial charge is 0.257 e.